The van der Waals surface area contributed by atoms with E-state index in [2.05, 4.69) is 36.9 Å². The van der Waals surface area contributed by atoms with Gasteiger partial charge in [0, 0.05) is 21.3 Å². The Morgan fingerprint density at radius 2 is 1.77 bits per heavy atom. The van der Waals surface area contributed by atoms with Crippen molar-refractivity contribution in [1.29, 1.82) is 0 Å². The Morgan fingerprint density at radius 3 is 2.50 bits per heavy atom. The molecular formula is C21H16Br2ClNO. The quantitative estimate of drug-likeness (QED) is 0.337. The SMILES string of the molecule is Cc1ccccc1N=Cc1cc(Br)cc(Br)c1OCc1ccc(Cl)cc1. The van der Waals surface area contributed by atoms with E-state index in [4.69, 9.17) is 16.3 Å². The smallest absolute Gasteiger partial charge is 0.142 e. The molecular weight excluding hydrogens is 477 g/mol. The van der Waals surface area contributed by atoms with Crippen molar-refractivity contribution in [3.05, 3.63) is 91.3 Å². The molecule has 0 aliphatic carbocycles. The first kappa shape index (κ1) is 19.2. The normalized spacial score (nSPS) is 11.1. The highest BCUT2D eigenvalue weighted by Gasteiger charge is 2.10. The minimum atomic E-state index is 0.447. The molecule has 0 N–H and O–H groups in total. The average Bonchev–Trinajstić information content (AvgIpc) is 2.61. The lowest BCUT2D eigenvalue weighted by Gasteiger charge is -2.12. The fraction of sp³-hybridized carbons (Fsp3) is 0.0952. The molecule has 26 heavy (non-hydrogen) atoms. The van der Waals surface area contributed by atoms with Crippen LogP contribution in [0.25, 0.3) is 0 Å². The van der Waals surface area contributed by atoms with E-state index in [1.54, 1.807) is 0 Å². The van der Waals surface area contributed by atoms with Crippen LogP contribution in [-0.2, 0) is 6.61 Å². The Bertz CT molecular complexity index is 939. The fourth-order valence-electron chi connectivity index (χ4n) is 2.41. The molecule has 0 saturated heterocycles. The summed E-state index contributed by atoms with van der Waals surface area (Å²) in [5.41, 5.74) is 4.00. The summed E-state index contributed by atoms with van der Waals surface area (Å²) in [6.07, 6.45) is 1.83. The van der Waals surface area contributed by atoms with E-state index < -0.39 is 0 Å². The lowest BCUT2D eigenvalue weighted by atomic mass is 10.2. The summed E-state index contributed by atoms with van der Waals surface area (Å²) in [4.78, 5) is 4.62. The molecule has 2 nitrogen and oxygen atoms in total. The molecule has 0 bridgehead atoms. The van der Waals surface area contributed by atoms with Crippen molar-refractivity contribution >= 4 is 55.4 Å². The van der Waals surface area contributed by atoms with Gasteiger partial charge in [-0.15, -0.1) is 0 Å². The maximum atomic E-state index is 6.07. The monoisotopic (exact) mass is 491 g/mol. The van der Waals surface area contributed by atoms with Crippen LogP contribution in [0.4, 0.5) is 5.69 Å². The number of nitrogens with zero attached hydrogens (tertiary/aromatic N) is 1. The van der Waals surface area contributed by atoms with Gasteiger partial charge in [0.2, 0.25) is 0 Å². The van der Waals surface area contributed by atoms with E-state index in [9.17, 15) is 0 Å². The van der Waals surface area contributed by atoms with Crippen LogP contribution in [-0.4, -0.2) is 6.21 Å². The van der Waals surface area contributed by atoms with Gasteiger partial charge in [-0.3, -0.25) is 4.99 Å². The van der Waals surface area contributed by atoms with Gasteiger partial charge >= 0.3 is 0 Å². The molecule has 0 spiro atoms. The highest BCUT2D eigenvalue weighted by molar-refractivity contribution is 9.11. The molecule has 0 atom stereocenters. The van der Waals surface area contributed by atoms with Crippen LogP contribution < -0.4 is 4.74 Å². The first-order valence-corrected chi connectivity index (χ1v) is 9.95. The van der Waals surface area contributed by atoms with Gasteiger partial charge in [-0.05, 0) is 64.3 Å². The summed E-state index contributed by atoms with van der Waals surface area (Å²) in [5.74, 6) is 0.750. The third-order valence-corrected chi connectivity index (χ3v) is 5.09. The average molecular weight is 494 g/mol. The molecule has 0 saturated carbocycles. The molecule has 132 valence electrons. The second kappa shape index (κ2) is 8.85. The Balaban J connectivity index is 1.87. The van der Waals surface area contributed by atoms with Gasteiger partial charge in [0.05, 0.1) is 10.2 Å². The number of aryl methyl sites for hydroxylation is 1. The number of benzene rings is 3. The van der Waals surface area contributed by atoms with Gasteiger partial charge < -0.3 is 4.74 Å². The van der Waals surface area contributed by atoms with Crippen molar-refractivity contribution in [2.24, 2.45) is 4.99 Å². The summed E-state index contributed by atoms with van der Waals surface area (Å²) < 4.78 is 7.89. The van der Waals surface area contributed by atoms with Crippen LogP contribution >= 0.6 is 43.5 Å². The van der Waals surface area contributed by atoms with Crippen molar-refractivity contribution in [1.82, 2.24) is 0 Å². The van der Waals surface area contributed by atoms with Gasteiger partial charge in [-0.2, -0.15) is 0 Å². The van der Waals surface area contributed by atoms with Crippen LogP contribution in [0.1, 0.15) is 16.7 Å². The number of ether oxygens (including phenoxy) is 1. The van der Waals surface area contributed by atoms with E-state index in [1.165, 1.54) is 0 Å². The van der Waals surface area contributed by atoms with Crippen LogP contribution in [0.15, 0.2) is 74.6 Å². The van der Waals surface area contributed by atoms with Crippen molar-refractivity contribution in [3.8, 4) is 5.75 Å². The van der Waals surface area contributed by atoms with E-state index in [0.29, 0.717) is 11.6 Å². The number of hydrogen-bond donors (Lipinski definition) is 0. The van der Waals surface area contributed by atoms with E-state index in [-0.39, 0.29) is 0 Å². The summed E-state index contributed by atoms with van der Waals surface area (Å²) in [6, 6.07) is 19.6. The number of para-hydroxylation sites is 1. The molecule has 0 unspecified atom stereocenters. The molecule has 3 rings (SSSR count). The zero-order chi connectivity index (χ0) is 18.5. The second-order valence-electron chi connectivity index (χ2n) is 5.77. The maximum Gasteiger partial charge on any atom is 0.142 e. The zero-order valence-corrected chi connectivity index (χ0v) is 18.0. The van der Waals surface area contributed by atoms with Gasteiger partial charge in [0.1, 0.15) is 12.4 Å². The van der Waals surface area contributed by atoms with Crippen LogP contribution in [0.5, 0.6) is 5.75 Å². The molecule has 3 aromatic carbocycles. The van der Waals surface area contributed by atoms with E-state index in [0.717, 1.165) is 37.1 Å². The minimum absolute atomic E-state index is 0.447. The minimum Gasteiger partial charge on any atom is -0.487 e. The molecule has 0 heterocycles. The molecule has 0 fully saturated rings. The Kier molecular flexibility index (Phi) is 6.52. The van der Waals surface area contributed by atoms with Gasteiger partial charge in [0.25, 0.3) is 0 Å². The summed E-state index contributed by atoms with van der Waals surface area (Å²) >= 11 is 13.1. The van der Waals surface area contributed by atoms with Crippen LogP contribution in [0.3, 0.4) is 0 Å². The lowest BCUT2D eigenvalue weighted by molar-refractivity contribution is 0.304. The van der Waals surface area contributed by atoms with E-state index >= 15 is 0 Å². The predicted molar refractivity (Wildman–Crippen MR) is 116 cm³/mol. The third kappa shape index (κ3) is 4.97. The Labute approximate surface area is 175 Å². The van der Waals surface area contributed by atoms with Crippen LogP contribution in [0, 0.1) is 6.92 Å². The van der Waals surface area contributed by atoms with Crippen molar-refractivity contribution in [3.63, 3.8) is 0 Å². The number of halogens is 3. The molecule has 5 heteroatoms. The second-order valence-corrected chi connectivity index (χ2v) is 7.97. The summed E-state index contributed by atoms with van der Waals surface area (Å²) in [6.45, 7) is 2.49. The van der Waals surface area contributed by atoms with Gasteiger partial charge in [0.15, 0.2) is 0 Å². The largest absolute Gasteiger partial charge is 0.487 e. The fourth-order valence-corrected chi connectivity index (χ4v) is 3.91. The van der Waals surface area contributed by atoms with E-state index in [1.807, 2.05) is 73.8 Å². The summed E-state index contributed by atoms with van der Waals surface area (Å²) in [5, 5.41) is 0.713. The first-order valence-electron chi connectivity index (χ1n) is 7.99. The van der Waals surface area contributed by atoms with Crippen molar-refractivity contribution in [2.45, 2.75) is 13.5 Å². The first-order chi connectivity index (χ1) is 12.5. The molecule has 0 radical (unpaired) electrons. The standard InChI is InChI=1S/C21H16Br2ClNO/c1-14-4-2-3-5-20(14)25-12-16-10-17(22)11-19(23)21(16)26-13-15-6-8-18(24)9-7-15/h2-12H,13H2,1H3. The lowest BCUT2D eigenvalue weighted by Crippen LogP contribution is -1.99. The Hall–Kier alpha value is -1.62. The van der Waals surface area contributed by atoms with Crippen molar-refractivity contribution < 1.29 is 4.74 Å². The number of aliphatic imine (C=N–C) groups is 1. The predicted octanol–water partition coefficient (Wildman–Crippen LogP) is 7.50. The molecule has 0 aliphatic rings. The summed E-state index contributed by atoms with van der Waals surface area (Å²) in [7, 11) is 0. The van der Waals surface area contributed by atoms with Gasteiger partial charge in [-0.25, -0.2) is 0 Å². The molecule has 0 amide bonds. The van der Waals surface area contributed by atoms with Gasteiger partial charge in [-0.1, -0.05) is 57.9 Å². The Morgan fingerprint density at radius 1 is 1.04 bits per heavy atom. The highest BCUT2D eigenvalue weighted by Crippen LogP contribution is 2.33. The maximum absolute atomic E-state index is 6.07. The molecule has 0 aliphatic heterocycles. The van der Waals surface area contributed by atoms with Crippen molar-refractivity contribution in [2.75, 3.05) is 0 Å². The topological polar surface area (TPSA) is 21.6 Å². The third-order valence-electron chi connectivity index (χ3n) is 3.79. The molecule has 3 aromatic rings. The van der Waals surface area contributed by atoms with Crippen LogP contribution in [0.2, 0.25) is 5.02 Å². The zero-order valence-electron chi connectivity index (χ0n) is 14.0. The number of rotatable bonds is 5. The number of hydrogen-bond acceptors (Lipinski definition) is 2. The highest BCUT2D eigenvalue weighted by atomic mass is 79.9. The molecule has 0 aromatic heterocycles.